The van der Waals surface area contributed by atoms with Crippen LogP contribution in [0.4, 0.5) is 11.4 Å². The van der Waals surface area contributed by atoms with Crippen LogP contribution >= 0.6 is 11.8 Å². The van der Waals surface area contributed by atoms with Crippen molar-refractivity contribution in [2.75, 3.05) is 11.9 Å². The maximum absolute atomic E-state index is 12.7. The first-order chi connectivity index (χ1) is 14.4. The molecule has 2 aromatic carbocycles. The number of esters is 1. The lowest BCUT2D eigenvalue weighted by Gasteiger charge is -2.22. The van der Waals surface area contributed by atoms with E-state index in [0.29, 0.717) is 23.0 Å². The maximum atomic E-state index is 12.7. The molecule has 1 fully saturated rings. The van der Waals surface area contributed by atoms with Gasteiger partial charge in [0.05, 0.1) is 17.9 Å². The fraction of sp³-hybridized carbons (Fsp3) is 0.273. The minimum Gasteiger partial charge on any atom is -0.462 e. The van der Waals surface area contributed by atoms with Crippen molar-refractivity contribution in [1.29, 1.82) is 0 Å². The monoisotopic (exact) mass is 425 g/mol. The number of thioether (sulfide) groups is 1. The summed E-state index contributed by atoms with van der Waals surface area (Å²) in [5.74, 6) is -0.970. The van der Waals surface area contributed by atoms with Crippen molar-refractivity contribution in [2.45, 2.75) is 32.4 Å². The van der Waals surface area contributed by atoms with Crippen molar-refractivity contribution in [3.63, 3.8) is 0 Å². The van der Waals surface area contributed by atoms with E-state index in [1.807, 2.05) is 32.0 Å². The molecule has 0 unspecified atom stereocenters. The third-order valence-electron chi connectivity index (χ3n) is 4.55. The van der Waals surface area contributed by atoms with E-state index in [1.165, 1.54) is 11.8 Å². The lowest BCUT2D eigenvalue weighted by Crippen LogP contribution is -2.41. The lowest BCUT2D eigenvalue weighted by molar-refractivity contribution is -0.123. The summed E-state index contributed by atoms with van der Waals surface area (Å²) in [5.41, 5.74) is 3.92. The second kappa shape index (κ2) is 9.58. The van der Waals surface area contributed by atoms with Gasteiger partial charge in [-0.15, -0.1) is 0 Å². The molecule has 3 rings (SSSR count). The number of aryl methyl sites for hydroxylation is 2. The van der Waals surface area contributed by atoms with Gasteiger partial charge in [-0.3, -0.25) is 9.59 Å². The van der Waals surface area contributed by atoms with E-state index in [0.717, 1.165) is 16.8 Å². The number of anilines is 1. The summed E-state index contributed by atoms with van der Waals surface area (Å²) in [6.07, 6.45) is 0.0589. The second-order valence-electron chi connectivity index (χ2n) is 6.83. The highest BCUT2D eigenvalue weighted by molar-refractivity contribution is 8.15. The third-order valence-corrected chi connectivity index (χ3v) is 5.63. The van der Waals surface area contributed by atoms with Crippen molar-refractivity contribution in [3.05, 3.63) is 59.2 Å². The van der Waals surface area contributed by atoms with Gasteiger partial charge in [0.1, 0.15) is 5.25 Å². The summed E-state index contributed by atoms with van der Waals surface area (Å²) in [7, 11) is 0. The van der Waals surface area contributed by atoms with E-state index in [9.17, 15) is 14.4 Å². The van der Waals surface area contributed by atoms with E-state index in [1.54, 1.807) is 31.2 Å². The van der Waals surface area contributed by atoms with E-state index < -0.39 is 11.2 Å². The highest BCUT2D eigenvalue weighted by Gasteiger charge is 2.30. The Bertz CT molecular complexity index is 1000. The average molecular weight is 426 g/mol. The Morgan fingerprint density at radius 2 is 1.90 bits per heavy atom. The molecule has 2 aromatic rings. The van der Waals surface area contributed by atoms with Crippen molar-refractivity contribution < 1.29 is 19.1 Å². The number of carbonyl (C=O) groups excluding carboxylic acids is 3. The summed E-state index contributed by atoms with van der Waals surface area (Å²) < 4.78 is 4.94. The largest absolute Gasteiger partial charge is 0.462 e. The van der Waals surface area contributed by atoms with Gasteiger partial charge in [0.2, 0.25) is 11.8 Å². The molecule has 2 amide bonds. The lowest BCUT2D eigenvalue weighted by atomic mass is 10.1. The van der Waals surface area contributed by atoms with Crippen LogP contribution in [0.5, 0.6) is 0 Å². The molecule has 0 bridgehead atoms. The van der Waals surface area contributed by atoms with Gasteiger partial charge in [-0.1, -0.05) is 17.8 Å². The summed E-state index contributed by atoms with van der Waals surface area (Å²) in [5, 5.41) is 5.30. The topological polar surface area (TPSA) is 96.9 Å². The zero-order chi connectivity index (χ0) is 21.7. The van der Waals surface area contributed by atoms with Crippen LogP contribution < -0.4 is 10.6 Å². The normalized spacial score (nSPS) is 17.4. The Morgan fingerprint density at radius 1 is 1.17 bits per heavy atom. The summed E-state index contributed by atoms with van der Waals surface area (Å²) >= 11 is 1.21. The molecule has 0 radical (unpaired) electrons. The Balaban J connectivity index is 1.68. The summed E-state index contributed by atoms with van der Waals surface area (Å²) in [6, 6.07) is 12.2. The third kappa shape index (κ3) is 5.48. The maximum Gasteiger partial charge on any atom is 0.338 e. The quantitative estimate of drug-likeness (QED) is 0.712. The molecule has 1 aliphatic heterocycles. The van der Waals surface area contributed by atoms with E-state index in [2.05, 4.69) is 15.6 Å². The number of nitrogens with zero attached hydrogens (tertiary/aromatic N) is 1. The fourth-order valence-electron chi connectivity index (χ4n) is 2.78. The van der Waals surface area contributed by atoms with Gasteiger partial charge in [0.15, 0.2) is 5.17 Å². The minimum absolute atomic E-state index is 0.0589. The summed E-state index contributed by atoms with van der Waals surface area (Å²) in [4.78, 5) is 41.0. The van der Waals surface area contributed by atoms with E-state index in [4.69, 9.17) is 4.74 Å². The molecule has 8 heteroatoms. The molecule has 1 atom stereocenters. The number of ether oxygens (including phenoxy) is 1. The molecule has 2 N–H and O–H groups in total. The highest BCUT2D eigenvalue weighted by atomic mass is 32.2. The van der Waals surface area contributed by atoms with Crippen LogP contribution in [0.3, 0.4) is 0 Å². The number of carbonyl (C=O) groups is 3. The van der Waals surface area contributed by atoms with E-state index >= 15 is 0 Å². The first kappa shape index (κ1) is 21.6. The zero-order valence-corrected chi connectivity index (χ0v) is 17.8. The van der Waals surface area contributed by atoms with Crippen LogP contribution in [0.15, 0.2) is 47.5 Å². The van der Waals surface area contributed by atoms with Crippen LogP contribution in [0.1, 0.15) is 34.8 Å². The predicted octanol–water partition coefficient (Wildman–Crippen LogP) is 3.73. The molecule has 156 valence electrons. The molecule has 7 nitrogen and oxygen atoms in total. The SMILES string of the molecule is CCOC(=O)c1ccc(NC(=O)[C@H]2CC(=O)NC(=Nc3ccc(C)c(C)c3)S2)cc1. The molecule has 1 aliphatic rings. The Hall–Kier alpha value is -3.13. The van der Waals surface area contributed by atoms with Gasteiger partial charge in [0, 0.05) is 12.1 Å². The number of nitrogens with one attached hydrogen (secondary N) is 2. The van der Waals surface area contributed by atoms with Crippen LogP contribution in [-0.4, -0.2) is 34.8 Å². The average Bonchev–Trinajstić information content (AvgIpc) is 2.71. The van der Waals surface area contributed by atoms with Crippen molar-refractivity contribution in [1.82, 2.24) is 5.32 Å². The number of aliphatic imine (C=N–C) groups is 1. The van der Waals surface area contributed by atoms with Crippen LogP contribution in [0.25, 0.3) is 0 Å². The van der Waals surface area contributed by atoms with Gasteiger partial charge in [-0.2, -0.15) is 0 Å². The fourth-order valence-corrected chi connectivity index (χ4v) is 3.79. The van der Waals surface area contributed by atoms with Crippen LogP contribution in [0.2, 0.25) is 0 Å². The van der Waals surface area contributed by atoms with Gasteiger partial charge in [0.25, 0.3) is 0 Å². The molecule has 0 aromatic heterocycles. The first-order valence-electron chi connectivity index (χ1n) is 9.56. The molecule has 1 heterocycles. The molecular formula is C22H23N3O4S. The number of hydrogen-bond donors (Lipinski definition) is 2. The first-order valence-corrected chi connectivity index (χ1v) is 10.4. The molecule has 30 heavy (non-hydrogen) atoms. The molecule has 0 spiro atoms. The van der Waals surface area contributed by atoms with Gasteiger partial charge < -0.3 is 15.4 Å². The number of hydrogen-bond acceptors (Lipinski definition) is 6. The van der Waals surface area contributed by atoms with Crippen molar-refractivity contribution in [3.8, 4) is 0 Å². The van der Waals surface area contributed by atoms with E-state index in [-0.39, 0.29) is 18.2 Å². The van der Waals surface area contributed by atoms with Crippen LogP contribution in [0, 0.1) is 13.8 Å². The predicted molar refractivity (Wildman–Crippen MR) is 118 cm³/mol. The molecule has 0 saturated carbocycles. The number of amidine groups is 1. The van der Waals surface area contributed by atoms with Gasteiger partial charge in [-0.25, -0.2) is 9.79 Å². The second-order valence-corrected chi connectivity index (χ2v) is 8.02. The minimum atomic E-state index is -0.603. The smallest absolute Gasteiger partial charge is 0.338 e. The standard InChI is InChI=1S/C22H23N3O4S/c1-4-29-21(28)15-6-9-16(10-7-15)23-20(27)18-12-19(26)25-22(30-18)24-17-8-5-13(2)14(3)11-17/h5-11,18H,4,12H2,1-3H3,(H,23,27)(H,24,25,26)/t18-/m1/s1. The summed E-state index contributed by atoms with van der Waals surface area (Å²) in [6.45, 7) is 6.05. The molecule has 0 aliphatic carbocycles. The number of amides is 2. The number of rotatable bonds is 5. The zero-order valence-electron chi connectivity index (χ0n) is 17.0. The van der Waals surface area contributed by atoms with Crippen LogP contribution in [-0.2, 0) is 14.3 Å². The van der Waals surface area contributed by atoms with Gasteiger partial charge in [-0.05, 0) is 68.3 Å². The Morgan fingerprint density at radius 3 is 2.57 bits per heavy atom. The highest BCUT2D eigenvalue weighted by Crippen LogP contribution is 2.26. The Kier molecular flexibility index (Phi) is 6.89. The molecular weight excluding hydrogens is 402 g/mol. The van der Waals surface area contributed by atoms with Crippen molar-refractivity contribution in [2.24, 2.45) is 4.99 Å². The molecule has 1 saturated heterocycles. The van der Waals surface area contributed by atoms with Crippen molar-refractivity contribution >= 4 is 46.1 Å². The van der Waals surface area contributed by atoms with Gasteiger partial charge >= 0.3 is 5.97 Å². The Labute approximate surface area is 179 Å². The number of benzene rings is 2.